The van der Waals surface area contributed by atoms with E-state index >= 15 is 0 Å². The van der Waals surface area contributed by atoms with Gasteiger partial charge in [0.2, 0.25) is 0 Å². The lowest BCUT2D eigenvalue weighted by Crippen LogP contribution is -2.31. The van der Waals surface area contributed by atoms with Gasteiger partial charge in [-0.05, 0) is 48.4 Å². The van der Waals surface area contributed by atoms with Crippen LogP contribution in [0.3, 0.4) is 0 Å². The second kappa shape index (κ2) is 8.28. The Morgan fingerprint density at radius 3 is 2.52 bits per heavy atom. The number of hydrogen-bond acceptors (Lipinski definition) is 4. The molecule has 1 N–H and O–H groups in total. The highest BCUT2D eigenvalue weighted by atomic mass is 16.5. The van der Waals surface area contributed by atoms with Crippen LogP contribution < -0.4 is 10.2 Å². The van der Waals surface area contributed by atoms with E-state index in [1.165, 1.54) is 0 Å². The van der Waals surface area contributed by atoms with Gasteiger partial charge in [-0.25, -0.2) is 5.43 Å². The minimum absolute atomic E-state index is 0.0894. The van der Waals surface area contributed by atoms with Gasteiger partial charge in [-0.2, -0.15) is 5.10 Å². The Kier molecular flexibility index (Phi) is 6.34. The van der Waals surface area contributed by atoms with Gasteiger partial charge in [0.1, 0.15) is 11.5 Å². The summed E-state index contributed by atoms with van der Waals surface area (Å²) in [5, 5.41) is 4.16. The molecular weight excluding hydrogens is 316 g/mol. The van der Waals surface area contributed by atoms with Gasteiger partial charge in [-0.15, -0.1) is 0 Å². The smallest absolute Gasteiger partial charge is 0.271 e. The molecule has 5 nitrogen and oxygen atoms in total. The lowest BCUT2D eigenvalue weighted by Gasteiger charge is -2.28. The summed E-state index contributed by atoms with van der Waals surface area (Å²) in [6.07, 6.45) is 2.61. The molecule has 1 aromatic rings. The van der Waals surface area contributed by atoms with Crippen molar-refractivity contribution in [2.24, 2.45) is 16.4 Å². The van der Waals surface area contributed by atoms with E-state index in [0.717, 1.165) is 24.3 Å². The minimum atomic E-state index is -0.281. The zero-order valence-electron chi connectivity index (χ0n) is 15.6. The fourth-order valence-electron chi connectivity index (χ4n) is 2.89. The Hall–Kier alpha value is -2.17. The molecule has 1 amide bonds. The Morgan fingerprint density at radius 2 is 1.92 bits per heavy atom. The van der Waals surface area contributed by atoms with Gasteiger partial charge in [-0.3, -0.25) is 9.59 Å². The Morgan fingerprint density at radius 1 is 1.24 bits per heavy atom. The van der Waals surface area contributed by atoms with Crippen LogP contribution in [0.25, 0.3) is 0 Å². The fraction of sp³-hybridized carbons (Fsp3) is 0.550. The van der Waals surface area contributed by atoms with E-state index < -0.39 is 0 Å². The molecule has 0 radical (unpaired) electrons. The predicted octanol–water partition coefficient (Wildman–Crippen LogP) is 3.98. The van der Waals surface area contributed by atoms with Crippen molar-refractivity contribution in [1.82, 2.24) is 5.43 Å². The third kappa shape index (κ3) is 6.33. The molecular formula is C20H28N2O3. The van der Waals surface area contributed by atoms with Crippen LogP contribution in [0, 0.1) is 11.3 Å². The van der Waals surface area contributed by atoms with E-state index in [1.807, 2.05) is 13.8 Å². The summed E-state index contributed by atoms with van der Waals surface area (Å²) in [6.45, 7) is 9.05. The lowest BCUT2D eigenvalue weighted by atomic mass is 9.76. The van der Waals surface area contributed by atoms with E-state index in [1.54, 1.807) is 24.3 Å². The number of ether oxygens (including phenoxy) is 1. The molecule has 25 heavy (non-hydrogen) atoms. The highest BCUT2D eigenvalue weighted by molar-refractivity contribution is 6.05. The number of nitrogens with one attached hydrogen (secondary N) is 1. The number of carbonyl (C=O) groups is 2. The van der Waals surface area contributed by atoms with Crippen molar-refractivity contribution in [2.75, 3.05) is 6.61 Å². The molecule has 0 aliphatic heterocycles. The molecule has 1 fully saturated rings. The SMILES string of the molecule is CC(C)CCOc1ccc(C(=O)NN=C2CC(=O)CC(C)(C)C2)cc1. The van der Waals surface area contributed by atoms with Gasteiger partial charge in [0.05, 0.1) is 6.61 Å². The van der Waals surface area contributed by atoms with Crippen molar-refractivity contribution < 1.29 is 14.3 Å². The molecule has 0 atom stereocenters. The van der Waals surface area contributed by atoms with Gasteiger partial charge >= 0.3 is 0 Å². The largest absolute Gasteiger partial charge is 0.494 e. The number of benzene rings is 1. The van der Waals surface area contributed by atoms with Gasteiger partial charge in [0.25, 0.3) is 5.91 Å². The van der Waals surface area contributed by atoms with Crippen LogP contribution in [0.1, 0.15) is 63.7 Å². The summed E-state index contributed by atoms with van der Waals surface area (Å²) in [4.78, 5) is 24.0. The highest BCUT2D eigenvalue weighted by Gasteiger charge is 2.30. The molecule has 1 saturated carbocycles. The molecule has 0 aromatic heterocycles. The highest BCUT2D eigenvalue weighted by Crippen LogP contribution is 2.31. The van der Waals surface area contributed by atoms with Gasteiger partial charge in [0, 0.05) is 24.1 Å². The Bertz CT molecular complexity index is 645. The summed E-state index contributed by atoms with van der Waals surface area (Å²) in [7, 11) is 0. The number of rotatable bonds is 6. The van der Waals surface area contributed by atoms with Crippen LogP contribution in [0.5, 0.6) is 5.75 Å². The molecule has 0 heterocycles. The van der Waals surface area contributed by atoms with Gasteiger partial charge < -0.3 is 4.74 Å². The second-order valence-corrected chi connectivity index (χ2v) is 7.91. The Labute approximate surface area is 149 Å². The van der Waals surface area contributed by atoms with Crippen LogP contribution in [-0.4, -0.2) is 24.0 Å². The molecule has 1 aromatic carbocycles. The topological polar surface area (TPSA) is 67.8 Å². The van der Waals surface area contributed by atoms with E-state index in [0.29, 0.717) is 30.9 Å². The summed E-state index contributed by atoms with van der Waals surface area (Å²) in [6, 6.07) is 7.01. The Balaban J connectivity index is 1.90. The molecule has 0 spiro atoms. The minimum Gasteiger partial charge on any atom is -0.494 e. The summed E-state index contributed by atoms with van der Waals surface area (Å²) in [5.74, 6) is 1.24. The third-order valence-corrected chi connectivity index (χ3v) is 4.16. The van der Waals surface area contributed by atoms with Crippen molar-refractivity contribution in [3.05, 3.63) is 29.8 Å². The molecule has 136 valence electrons. The van der Waals surface area contributed by atoms with Gasteiger partial charge in [0.15, 0.2) is 0 Å². The van der Waals surface area contributed by atoms with Gasteiger partial charge in [-0.1, -0.05) is 27.7 Å². The van der Waals surface area contributed by atoms with Crippen molar-refractivity contribution in [3.8, 4) is 5.75 Å². The number of Topliss-reactive ketones (excluding diaryl/α,β-unsaturated/α-hetero) is 1. The van der Waals surface area contributed by atoms with E-state index in [9.17, 15) is 9.59 Å². The molecule has 5 heteroatoms. The maximum absolute atomic E-state index is 12.2. The average Bonchev–Trinajstić information content (AvgIpc) is 2.51. The molecule has 0 bridgehead atoms. The molecule has 1 aliphatic carbocycles. The molecule has 0 unspecified atom stereocenters. The number of nitrogens with zero attached hydrogens (tertiary/aromatic N) is 1. The van der Waals surface area contributed by atoms with Crippen LogP contribution >= 0.6 is 0 Å². The van der Waals surface area contributed by atoms with Crippen molar-refractivity contribution in [3.63, 3.8) is 0 Å². The first-order chi connectivity index (χ1) is 11.7. The zero-order valence-corrected chi connectivity index (χ0v) is 15.6. The van der Waals surface area contributed by atoms with E-state index in [4.69, 9.17) is 4.74 Å². The van der Waals surface area contributed by atoms with Crippen LogP contribution in [0.15, 0.2) is 29.4 Å². The summed E-state index contributed by atoms with van der Waals surface area (Å²) in [5.41, 5.74) is 3.73. The molecule has 0 saturated heterocycles. The van der Waals surface area contributed by atoms with Crippen molar-refractivity contribution in [2.45, 2.75) is 53.4 Å². The number of carbonyl (C=O) groups excluding carboxylic acids is 2. The maximum Gasteiger partial charge on any atom is 0.271 e. The first-order valence-electron chi connectivity index (χ1n) is 8.85. The van der Waals surface area contributed by atoms with Crippen LogP contribution in [0.4, 0.5) is 0 Å². The first-order valence-corrected chi connectivity index (χ1v) is 8.85. The standard InChI is InChI=1S/C20H28N2O3/c1-14(2)9-10-25-18-7-5-15(6-8-18)19(24)22-21-16-11-17(23)13-20(3,4)12-16/h5-8,14H,9-13H2,1-4H3,(H,22,24). The number of hydrogen-bond donors (Lipinski definition) is 1. The summed E-state index contributed by atoms with van der Waals surface area (Å²) >= 11 is 0. The molecule has 1 aliphatic rings. The number of hydrazone groups is 1. The second-order valence-electron chi connectivity index (χ2n) is 7.91. The van der Waals surface area contributed by atoms with Crippen LogP contribution in [0.2, 0.25) is 0 Å². The number of ketones is 1. The monoisotopic (exact) mass is 344 g/mol. The van der Waals surface area contributed by atoms with E-state index in [2.05, 4.69) is 24.4 Å². The first kappa shape index (κ1) is 19.2. The van der Waals surface area contributed by atoms with Crippen molar-refractivity contribution in [1.29, 1.82) is 0 Å². The van der Waals surface area contributed by atoms with Crippen molar-refractivity contribution >= 4 is 17.4 Å². The summed E-state index contributed by atoms with van der Waals surface area (Å²) < 4.78 is 5.64. The quantitative estimate of drug-likeness (QED) is 0.794. The van der Waals surface area contributed by atoms with E-state index in [-0.39, 0.29) is 17.1 Å². The fourth-order valence-corrected chi connectivity index (χ4v) is 2.89. The number of amides is 1. The normalized spacial score (nSPS) is 18.4. The lowest BCUT2D eigenvalue weighted by molar-refractivity contribution is -0.120. The predicted molar refractivity (Wildman–Crippen MR) is 98.9 cm³/mol. The van der Waals surface area contributed by atoms with Crippen LogP contribution in [-0.2, 0) is 4.79 Å². The molecule has 2 rings (SSSR count). The zero-order chi connectivity index (χ0) is 18.4. The average molecular weight is 344 g/mol. The third-order valence-electron chi connectivity index (χ3n) is 4.16. The maximum atomic E-state index is 12.2.